The van der Waals surface area contributed by atoms with Gasteiger partial charge in [0, 0.05) is 17.6 Å². The SMILES string of the molecule is [2H]c1ccc(C(C)(C)C)c2c1C([2H])N(C(C)(C)C)C2=O. The third-order valence-electron chi connectivity index (χ3n) is 3.25. The van der Waals surface area contributed by atoms with Gasteiger partial charge < -0.3 is 4.90 Å². The second kappa shape index (κ2) is 3.84. The summed E-state index contributed by atoms with van der Waals surface area (Å²) in [5.74, 6) is -0.119. The molecule has 1 atom stereocenters. The van der Waals surface area contributed by atoms with Crippen LogP contribution in [0.25, 0.3) is 0 Å². The van der Waals surface area contributed by atoms with Crippen LogP contribution in [0.2, 0.25) is 0 Å². The maximum Gasteiger partial charge on any atom is 0.255 e. The molecular formula is C16H23NO. The van der Waals surface area contributed by atoms with Gasteiger partial charge in [0.05, 0.1) is 2.74 Å². The Bertz CT molecular complexity index is 567. The number of hydrogen-bond acceptors (Lipinski definition) is 1. The van der Waals surface area contributed by atoms with E-state index in [2.05, 4.69) is 20.8 Å². The Morgan fingerprint density at radius 1 is 1.28 bits per heavy atom. The minimum Gasteiger partial charge on any atom is -0.329 e. The van der Waals surface area contributed by atoms with Crippen LogP contribution in [0, 0.1) is 0 Å². The lowest BCUT2D eigenvalue weighted by Gasteiger charge is -2.32. The van der Waals surface area contributed by atoms with Crippen molar-refractivity contribution < 1.29 is 7.54 Å². The maximum atomic E-state index is 12.8. The van der Waals surface area contributed by atoms with Crippen molar-refractivity contribution in [1.82, 2.24) is 4.90 Å². The number of nitrogens with zero attached hydrogens (tertiary/aromatic N) is 1. The lowest BCUT2D eigenvalue weighted by atomic mass is 9.82. The second-order valence-electron chi connectivity index (χ2n) is 6.91. The normalized spacial score (nSPS) is 21.8. The predicted molar refractivity (Wildman–Crippen MR) is 74.8 cm³/mol. The van der Waals surface area contributed by atoms with Crippen LogP contribution in [0.3, 0.4) is 0 Å². The fraction of sp³-hybridized carbons (Fsp3) is 0.562. The summed E-state index contributed by atoms with van der Waals surface area (Å²) >= 11 is 0. The van der Waals surface area contributed by atoms with Gasteiger partial charge in [-0.15, -0.1) is 0 Å². The molecule has 0 aliphatic carbocycles. The molecule has 0 aromatic heterocycles. The summed E-state index contributed by atoms with van der Waals surface area (Å²) in [5.41, 5.74) is 1.44. The van der Waals surface area contributed by atoms with Gasteiger partial charge in [-0.1, -0.05) is 38.9 Å². The van der Waals surface area contributed by atoms with Crippen LogP contribution in [0.1, 0.15) is 65.8 Å². The van der Waals surface area contributed by atoms with Crippen LogP contribution in [-0.4, -0.2) is 16.3 Å². The maximum absolute atomic E-state index is 12.8. The van der Waals surface area contributed by atoms with Crippen LogP contribution in [0.4, 0.5) is 0 Å². The number of carbonyl (C=O) groups is 1. The molecule has 0 N–H and O–H groups in total. The van der Waals surface area contributed by atoms with E-state index in [9.17, 15) is 4.79 Å². The van der Waals surface area contributed by atoms with Crippen LogP contribution < -0.4 is 0 Å². The molecule has 1 unspecified atom stereocenters. The fourth-order valence-electron chi connectivity index (χ4n) is 2.28. The van der Waals surface area contributed by atoms with Crippen molar-refractivity contribution >= 4 is 5.91 Å². The van der Waals surface area contributed by atoms with Crippen LogP contribution in [0.15, 0.2) is 18.2 Å². The first-order chi connectivity index (χ1) is 8.96. The molecule has 1 amide bonds. The quantitative estimate of drug-likeness (QED) is 0.684. The Balaban J connectivity index is 2.72. The van der Waals surface area contributed by atoms with Gasteiger partial charge in [0.15, 0.2) is 0 Å². The lowest BCUT2D eigenvalue weighted by Crippen LogP contribution is -2.41. The monoisotopic (exact) mass is 247 g/mol. The van der Waals surface area contributed by atoms with Crippen molar-refractivity contribution in [2.45, 2.75) is 59.0 Å². The van der Waals surface area contributed by atoms with Crippen LogP contribution in [0.5, 0.6) is 0 Å². The Kier molecular flexibility index (Phi) is 2.26. The second-order valence-corrected chi connectivity index (χ2v) is 6.91. The summed E-state index contributed by atoms with van der Waals surface area (Å²) in [4.78, 5) is 14.4. The molecule has 0 saturated carbocycles. The highest BCUT2D eigenvalue weighted by atomic mass is 16.2. The van der Waals surface area contributed by atoms with Crippen molar-refractivity contribution in [3.8, 4) is 0 Å². The van der Waals surface area contributed by atoms with E-state index in [1.54, 1.807) is 11.0 Å². The fourth-order valence-corrected chi connectivity index (χ4v) is 2.28. The molecule has 1 heterocycles. The van der Waals surface area contributed by atoms with E-state index >= 15 is 0 Å². The lowest BCUT2D eigenvalue weighted by molar-refractivity contribution is 0.0608. The number of fused-ring (bicyclic) bond motifs is 1. The molecule has 2 rings (SSSR count). The van der Waals surface area contributed by atoms with Crippen molar-refractivity contribution in [2.75, 3.05) is 0 Å². The molecule has 1 aromatic carbocycles. The summed E-state index contributed by atoms with van der Waals surface area (Å²) in [6.07, 6.45) is 0. The average molecular weight is 247 g/mol. The van der Waals surface area contributed by atoms with E-state index in [-0.39, 0.29) is 17.4 Å². The smallest absolute Gasteiger partial charge is 0.255 e. The van der Waals surface area contributed by atoms with E-state index in [0.29, 0.717) is 11.1 Å². The molecule has 0 spiro atoms. The molecule has 1 aliphatic heterocycles. The molecule has 0 bridgehead atoms. The Morgan fingerprint density at radius 3 is 2.39 bits per heavy atom. The summed E-state index contributed by atoms with van der Waals surface area (Å²) in [5, 5.41) is 0. The van der Waals surface area contributed by atoms with Gasteiger partial charge in [0.2, 0.25) is 0 Å². The van der Waals surface area contributed by atoms with Crippen molar-refractivity contribution in [3.05, 3.63) is 34.9 Å². The highest BCUT2D eigenvalue weighted by Crippen LogP contribution is 2.35. The number of carbonyl (C=O) groups excluding carboxylic acids is 1. The van der Waals surface area contributed by atoms with Crippen molar-refractivity contribution in [1.29, 1.82) is 0 Å². The molecule has 2 nitrogen and oxygen atoms in total. The highest BCUT2D eigenvalue weighted by molar-refractivity contribution is 6.00. The van der Waals surface area contributed by atoms with Crippen LogP contribution >= 0.6 is 0 Å². The molecule has 0 saturated heterocycles. The van der Waals surface area contributed by atoms with E-state index in [1.165, 1.54) is 0 Å². The summed E-state index contributed by atoms with van der Waals surface area (Å²) in [6, 6.07) is 3.85. The first-order valence-electron chi connectivity index (χ1n) is 7.44. The average Bonchev–Trinajstić information content (AvgIpc) is 2.50. The standard InChI is InChI=1S/C16H23NO/c1-15(2,3)12-9-7-8-11-10-17(16(4,5)6)14(18)13(11)12/h7-9H,10H2,1-6H3/i8D,10D. The van der Waals surface area contributed by atoms with Crippen molar-refractivity contribution in [2.24, 2.45) is 0 Å². The molecule has 0 radical (unpaired) electrons. The Hall–Kier alpha value is -1.31. The Morgan fingerprint density at radius 2 is 1.89 bits per heavy atom. The number of benzene rings is 1. The van der Waals surface area contributed by atoms with Gasteiger partial charge in [-0.2, -0.15) is 0 Å². The predicted octanol–water partition coefficient (Wildman–Crippen LogP) is 3.74. The minimum atomic E-state index is -0.785. The van der Waals surface area contributed by atoms with Gasteiger partial charge in [-0.3, -0.25) is 4.79 Å². The number of hydrogen-bond donors (Lipinski definition) is 0. The Labute approximate surface area is 113 Å². The summed E-state index contributed by atoms with van der Waals surface area (Å²) in [6.45, 7) is 11.2. The first kappa shape index (κ1) is 10.6. The zero-order chi connectivity index (χ0) is 15.5. The summed E-state index contributed by atoms with van der Waals surface area (Å²) < 4.78 is 16.5. The molecular weight excluding hydrogens is 222 g/mol. The van der Waals surface area contributed by atoms with Gasteiger partial charge in [-0.25, -0.2) is 0 Å². The zero-order valence-electron chi connectivity index (χ0n) is 14.1. The van der Waals surface area contributed by atoms with E-state index in [0.717, 1.165) is 5.56 Å². The zero-order valence-corrected chi connectivity index (χ0v) is 12.1. The highest BCUT2D eigenvalue weighted by Gasteiger charge is 2.37. The van der Waals surface area contributed by atoms with E-state index in [1.807, 2.05) is 26.8 Å². The topological polar surface area (TPSA) is 20.3 Å². The van der Waals surface area contributed by atoms with Gasteiger partial charge in [-0.05, 0) is 37.3 Å². The van der Waals surface area contributed by atoms with Gasteiger partial charge in [0.25, 0.3) is 5.91 Å². The van der Waals surface area contributed by atoms with Gasteiger partial charge >= 0.3 is 0 Å². The molecule has 98 valence electrons. The third kappa shape index (κ3) is 2.05. The minimum absolute atomic E-state index is 0.119. The van der Waals surface area contributed by atoms with Gasteiger partial charge in [0.1, 0.15) is 0 Å². The summed E-state index contributed by atoms with van der Waals surface area (Å²) in [7, 11) is 0. The van der Waals surface area contributed by atoms with E-state index < -0.39 is 12.1 Å². The number of amides is 1. The molecule has 18 heavy (non-hydrogen) atoms. The third-order valence-corrected chi connectivity index (χ3v) is 3.25. The number of rotatable bonds is 0. The van der Waals surface area contributed by atoms with Crippen molar-refractivity contribution in [3.63, 3.8) is 0 Å². The largest absolute Gasteiger partial charge is 0.329 e. The van der Waals surface area contributed by atoms with Crippen LogP contribution in [-0.2, 0) is 11.9 Å². The molecule has 1 aliphatic rings. The first-order valence-corrected chi connectivity index (χ1v) is 6.36. The molecule has 1 aromatic rings. The van der Waals surface area contributed by atoms with E-state index in [4.69, 9.17) is 2.74 Å². The molecule has 2 heteroatoms. The molecule has 0 fully saturated rings.